The lowest BCUT2D eigenvalue weighted by atomic mass is 10.1. The van der Waals surface area contributed by atoms with Crippen LogP contribution >= 0.6 is 23.8 Å². The second-order valence-electron chi connectivity index (χ2n) is 4.48. The average molecular weight is 309 g/mol. The highest BCUT2D eigenvalue weighted by atomic mass is 35.5. The number of nitrogens with zero attached hydrogens (tertiary/aromatic N) is 1. The number of rotatable bonds is 4. The van der Waals surface area contributed by atoms with Crippen LogP contribution in [0.25, 0.3) is 0 Å². The Kier molecular flexibility index (Phi) is 4.57. The number of nitrogens with two attached hydrogens (primary N) is 1. The lowest BCUT2D eigenvalue weighted by molar-refractivity contribution is 0.627. The van der Waals surface area contributed by atoms with Crippen LogP contribution in [0.15, 0.2) is 42.5 Å². The molecule has 2 aromatic carbocycles. The fourth-order valence-corrected chi connectivity index (χ4v) is 2.57. The van der Waals surface area contributed by atoms with Gasteiger partial charge in [0.15, 0.2) is 0 Å². The summed E-state index contributed by atoms with van der Waals surface area (Å²) in [6.45, 7) is 0.607. The second kappa shape index (κ2) is 6.20. The molecule has 0 fully saturated rings. The second-order valence-corrected chi connectivity index (χ2v) is 5.33. The van der Waals surface area contributed by atoms with Gasteiger partial charge in [-0.25, -0.2) is 4.39 Å². The molecule has 104 valence electrons. The van der Waals surface area contributed by atoms with Gasteiger partial charge >= 0.3 is 0 Å². The summed E-state index contributed by atoms with van der Waals surface area (Å²) in [6.07, 6.45) is 0. The van der Waals surface area contributed by atoms with E-state index in [0.717, 1.165) is 11.3 Å². The Balaban J connectivity index is 2.29. The summed E-state index contributed by atoms with van der Waals surface area (Å²) >= 11 is 11.2. The van der Waals surface area contributed by atoms with E-state index >= 15 is 0 Å². The van der Waals surface area contributed by atoms with Gasteiger partial charge in [0.25, 0.3) is 0 Å². The van der Waals surface area contributed by atoms with Gasteiger partial charge in [0.05, 0.1) is 10.6 Å². The molecule has 0 aromatic heterocycles. The third-order valence-corrected chi connectivity index (χ3v) is 3.50. The van der Waals surface area contributed by atoms with E-state index in [0.29, 0.717) is 17.1 Å². The third-order valence-electron chi connectivity index (χ3n) is 2.98. The van der Waals surface area contributed by atoms with Gasteiger partial charge in [0.1, 0.15) is 10.8 Å². The fraction of sp³-hybridized carbons (Fsp3) is 0.133. The molecule has 5 heteroatoms. The van der Waals surface area contributed by atoms with E-state index < -0.39 is 0 Å². The summed E-state index contributed by atoms with van der Waals surface area (Å²) in [7, 11) is 1.91. The van der Waals surface area contributed by atoms with Gasteiger partial charge in [-0.15, -0.1) is 0 Å². The molecule has 0 atom stereocenters. The Morgan fingerprint density at radius 2 is 1.90 bits per heavy atom. The minimum Gasteiger partial charge on any atom is -0.389 e. The van der Waals surface area contributed by atoms with Crippen molar-refractivity contribution in [1.29, 1.82) is 0 Å². The highest BCUT2D eigenvalue weighted by molar-refractivity contribution is 7.80. The monoisotopic (exact) mass is 308 g/mol. The zero-order chi connectivity index (χ0) is 14.7. The summed E-state index contributed by atoms with van der Waals surface area (Å²) in [6, 6.07) is 11.9. The predicted molar refractivity (Wildman–Crippen MR) is 85.8 cm³/mol. The van der Waals surface area contributed by atoms with E-state index in [1.807, 2.05) is 24.1 Å². The molecule has 0 aliphatic heterocycles. The first-order chi connectivity index (χ1) is 9.49. The van der Waals surface area contributed by atoms with Gasteiger partial charge in [0, 0.05) is 19.3 Å². The van der Waals surface area contributed by atoms with Crippen LogP contribution in [0.4, 0.5) is 10.1 Å². The van der Waals surface area contributed by atoms with Crippen molar-refractivity contribution >= 4 is 34.5 Å². The van der Waals surface area contributed by atoms with Gasteiger partial charge in [0.2, 0.25) is 0 Å². The molecule has 0 amide bonds. The van der Waals surface area contributed by atoms with E-state index in [-0.39, 0.29) is 10.8 Å². The van der Waals surface area contributed by atoms with E-state index in [2.05, 4.69) is 0 Å². The van der Waals surface area contributed by atoms with Crippen molar-refractivity contribution < 1.29 is 4.39 Å². The molecule has 0 radical (unpaired) electrons. The van der Waals surface area contributed by atoms with E-state index in [4.69, 9.17) is 29.6 Å². The molecule has 0 bridgehead atoms. The standard InChI is InChI=1S/C15H14ClFN2S/c1-19(9-10-5-7-11(17)8-6-10)13-4-2-3-12(16)14(13)15(18)20/h2-8H,9H2,1H3,(H2,18,20). The van der Waals surface area contributed by atoms with Gasteiger partial charge < -0.3 is 10.6 Å². The van der Waals surface area contributed by atoms with Crippen molar-refractivity contribution in [3.63, 3.8) is 0 Å². The van der Waals surface area contributed by atoms with Crippen molar-refractivity contribution in [1.82, 2.24) is 0 Å². The van der Waals surface area contributed by atoms with Crippen LogP contribution < -0.4 is 10.6 Å². The van der Waals surface area contributed by atoms with Crippen LogP contribution in [0.5, 0.6) is 0 Å². The molecular formula is C15H14ClFN2S. The van der Waals surface area contributed by atoms with Crippen molar-refractivity contribution in [3.05, 3.63) is 64.4 Å². The highest BCUT2D eigenvalue weighted by Gasteiger charge is 2.13. The Morgan fingerprint density at radius 3 is 2.50 bits per heavy atom. The first-order valence-electron chi connectivity index (χ1n) is 6.03. The maximum absolute atomic E-state index is 12.9. The van der Waals surface area contributed by atoms with Crippen molar-refractivity contribution in [3.8, 4) is 0 Å². The SMILES string of the molecule is CN(Cc1ccc(F)cc1)c1cccc(Cl)c1C(N)=S. The Hall–Kier alpha value is -1.65. The molecule has 0 spiro atoms. The normalized spacial score (nSPS) is 10.3. The first kappa shape index (κ1) is 14.8. The molecular weight excluding hydrogens is 295 g/mol. The predicted octanol–water partition coefficient (Wildman–Crippen LogP) is 3.75. The smallest absolute Gasteiger partial charge is 0.123 e. The molecule has 2 aromatic rings. The van der Waals surface area contributed by atoms with Gasteiger partial charge in [-0.05, 0) is 29.8 Å². The number of hydrogen-bond donors (Lipinski definition) is 1. The number of thiocarbonyl (C=S) groups is 1. The summed E-state index contributed by atoms with van der Waals surface area (Å²) in [5, 5.41) is 0.529. The Bertz CT molecular complexity index is 628. The summed E-state index contributed by atoms with van der Waals surface area (Å²) in [5.41, 5.74) is 8.24. The fourth-order valence-electron chi connectivity index (χ4n) is 2.02. The number of benzene rings is 2. The van der Waals surface area contributed by atoms with E-state index in [1.165, 1.54) is 12.1 Å². The molecule has 2 nitrogen and oxygen atoms in total. The van der Waals surface area contributed by atoms with Gasteiger partial charge in [-0.1, -0.05) is 42.0 Å². The van der Waals surface area contributed by atoms with Crippen LogP contribution in [-0.2, 0) is 6.54 Å². The zero-order valence-corrected chi connectivity index (χ0v) is 12.5. The lowest BCUT2D eigenvalue weighted by Crippen LogP contribution is -2.21. The Labute approximate surface area is 128 Å². The van der Waals surface area contributed by atoms with Crippen LogP contribution in [-0.4, -0.2) is 12.0 Å². The minimum atomic E-state index is -0.247. The Morgan fingerprint density at radius 1 is 1.25 bits per heavy atom. The van der Waals surface area contributed by atoms with Gasteiger partial charge in [-0.2, -0.15) is 0 Å². The van der Waals surface area contributed by atoms with E-state index in [1.54, 1.807) is 18.2 Å². The highest BCUT2D eigenvalue weighted by Crippen LogP contribution is 2.27. The van der Waals surface area contributed by atoms with Crippen LogP contribution in [0.1, 0.15) is 11.1 Å². The first-order valence-corrected chi connectivity index (χ1v) is 6.81. The molecule has 0 heterocycles. The molecule has 0 aliphatic carbocycles. The van der Waals surface area contributed by atoms with Crippen LogP contribution in [0.3, 0.4) is 0 Å². The lowest BCUT2D eigenvalue weighted by Gasteiger charge is -2.23. The summed E-state index contributed by atoms with van der Waals surface area (Å²) in [4.78, 5) is 2.24. The van der Waals surface area contributed by atoms with Crippen LogP contribution in [0, 0.1) is 5.82 Å². The quantitative estimate of drug-likeness (QED) is 0.872. The molecule has 2 N–H and O–H groups in total. The maximum atomic E-state index is 12.9. The molecule has 0 saturated carbocycles. The molecule has 2 rings (SSSR count). The largest absolute Gasteiger partial charge is 0.389 e. The number of hydrogen-bond acceptors (Lipinski definition) is 2. The maximum Gasteiger partial charge on any atom is 0.123 e. The molecule has 0 aliphatic rings. The van der Waals surface area contributed by atoms with Crippen molar-refractivity contribution in [2.24, 2.45) is 5.73 Å². The summed E-state index contributed by atoms with van der Waals surface area (Å²) in [5.74, 6) is -0.247. The van der Waals surface area contributed by atoms with Gasteiger partial charge in [-0.3, -0.25) is 0 Å². The van der Waals surface area contributed by atoms with E-state index in [9.17, 15) is 4.39 Å². The van der Waals surface area contributed by atoms with Crippen LogP contribution in [0.2, 0.25) is 5.02 Å². The molecule has 0 unspecified atom stereocenters. The number of anilines is 1. The minimum absolute atomic E-state index is 0.247. The zero-order valence-electron chi connectivity index (χ0n) is 10.9. The summed E-state index contributed by atoms with van der Waals surface area (Å²) < 4.78 is 12.9. The molecule has 20 heavy (non-hydrogen) atoms. The molecule has 0 saturated heterocycles. The average Bonchev–Trinajstić information content (AvgIpc) is 2.40. The van der Waals surface area contributed by atoms with Crippen molar-refractivity contribution in [2.45, 2.75) is 6.54 Å². The van der Waals surface area contributed by atoms with Crippen molar-refractivity contribution in [2.75, 3.05) is 11.9 Å². The number of halogens is 2. The topological polar surface area (TPSA) is 29.3 Å². The third kappa shape index (κ3) is 3.26.